The molecule has 0 amide bonds. The highest BCUT2D eigenvalue weighted by Gasteiger charge is 2.15. The summed E-state index contributed by atoms with van der Waals surface area (Å²) in [6, 6.07) is 14.2. The Balaban J connectivity index is 2.27. The Kier molecular flexibility index (Phi) is 5.00. The Morgan fingerprint density at radius 2 is 1.86 bits per heavy atom. The molecule has 0 fully saturated rings. The number of thioether (sulfide) groups is 1. The second kappa shape index (κ2) is 6.95. The number of carbonyl (C=O) groups is 2. The van der Waals surface area contributed by atoms with E-state index in [9.17, 15) is 9.59 Å². The molecule has 0 aliphatic rings. The van der Waals surface area contributed by atoms with E-state index in [2.05, 4.69) is 0 Å². The van der Waals surface area contributed by atoms with Crippen LogP contribution in [0, 0.1) is 0 Å². The number of aromatic carboxylic acids is 1. The molecule has 0 bridgehead atoms. The van der Waals surface area contributed by atoms with Crippen molar-refractivity contribution in [1.29, 1.82) is 0 Å². The molecule has 0 saturated carbocycles. The maximum absolute atomic E-state index is 11.7. The van der Waals surface area contributed by atoms with Gasteiger partial charge in [0.1, 0.15) is 0 Å². The van der Waals surface area contributed by atoms with E-state index in [0.29, 0.717) is 16.2 Å². The fourth-order valence-corrected chi connectivity index (χ4v) is 2.82. The summed E-state index contributed by atoms with van der Waals surface area (Å²) in [5.74, 6) is -0.844. The maximum Gasteiger partial charge on any atom is 0.338 e. The topological polar surface area (TPSA) is 63.6 Å². The van der Waals surface area contributed by atoms with Gasteiger partial charge in [0.2, 0.25) is 0 Å². The van der Waals surface area contributed by atoms with Crippen LogP contribution < -0.4 is 0 Å². The Morgan fingerprint density at radius 1 is 1.14 bits per heavy atom. The number of carboxylic acid groups (broad SMARTS) is 1. The smallest absolute Gasteiger partial charge is 0.338 e. The lowest BCUT2D eigenvalue weighted by Crippen LogP contribution is -2.05. The van der Waals surface area contributed by atoms with Gasteiger partial charge in [-0.3, -0.25) is 0 Å². The third-order valence-electron chi connectivity index (χ3n) is 2.87. The SMILES string of the molecule is COC(=O)c1ccc(C(=O)O)cc1SCc1ccccc1. The van der Waals surface area contributed by atoms with E-state index in [1.165, 1.54) is 37.1 Å². The minimum Gasteiger partial charge on any atom is -0.478 e. The molecule has 0 saturated heterocycles. The molecule has 0 radical (unpaired) electrons. The van der Waals surface area contributed by atoms with Crippen molar-refractivity contribution < 1.29 is 19.4 Å². The number of hydrogen-bond acceptors (Lipinski definition) is 4. The normalized spacial score (nSPS) is 10.1. The van der Waals surface area contributed by atoms with Crippen LogP contribution in [0.25, 0.3) is 0 Å². The third kappa shape index (κ3) is 3.86. The van der Waals surface area contributed by atoms with Crippen molar-refractivity contribution in [1.82, 2.24) is 0 Å². The molecule has 21 heavy (non-hydrogen) atoms. The quantitative estimate of drug-likeness (QED) is 0.677. The summed E-state index contributed by atoms with van der Waals surface area (Å²) in [4.78, 5) is 23.4. The molecule has 0 spiro atoms. The standard InChI is InChI=1S/C16H14O4S/c1-20-16(19)13-8-7-12(15(17)18)9-14(13)21-10-11-5-3-2-4-6-11/h2-9H,10H2,1H3,(H,17,18). The van der Waals surface area contributed by atoms with Crippen LogP contribution in [0.1, 0.15) is 26.3 Å². The van der Waals surface area contributed by atoms with E-state index in [1.54, 1.807) is 0 Å². The number of benzene rings is 2. The fraction of sp³-hybridized carbons (Fsp3) is 0.125. The lowest BCUT2D eigenvalue weighted by Gasteiger charge is -2.09. The number of ether oxygens (including phenoxy) is 1. The van der Waals surface area contributed by atoms with Crippen molar-refractivity contribution in [3.8, 4) is 0 Å². The van der Waals surface area contributed by atoms with Gasteiger partial charge < -0.3 is 9.84 Å². The molecule has 108 valence electrons. The summed E-state index contributed by atoms with van der Waals surface area (Å²) in [5, 5.41) is 9.06. The second-order valence-electron chi connectivity index (χ2n) is 4.28. The Labute approximate surface area is 126 Å². The van der Waals surface area contributed by atoms with Crippen molar-refractivity contribution in [3.63, 3.8) is 0 Å². The highest BCUT2D eigenvalue weighted by molar-refractivity contribution is 7.98. The van der Waals surface area contributed by atoms with Gasteiger partial charge in [0.25, 0.3) is 0 Å². The maximum atomic E-state index is 11.7. The molecule has 0 aliphatic heterocycles. The predicted octanol–water partition coefficient (Wildman–Crippen LogP) is 3.46. The van der Waals surface area contributed by atoms with Gasteiger partial charge in [-0.25, -0.2) is 9.59 Å². The molecule has 1 N–H and O–H groups in total. The number of rotatable bonds is 5. The molecular formula is C16H14O4S. The summed E-state index contributed by atoms with van der Waals surface area (Å²) in [6.45, 7) is 0. The first-order valence-electron chi connectivity index (χ1n) is 6.24. The molecule has 2 aromatic rings. The molecular weight excluding hydrogens is 288 g/mol. The van der Waals surface area contributed by atoms with Crippen molar-refractivity contribution in [2.24, 2.45) is 0 Å². The van der Waals surface area contributed by atoms with Crippen molar-refractivity contribution in [3.05, 3.63) is 65.2 Å². The van der Waals surface area contributed by atoms with Gasteiger partial charge >= 0.3 is 11.9 Å². The Bertz CT molecular complexity index is 653. The van der Waals surface area contributed by atoms with Gasteiger partial charge in [0, 0.05) is 10.6 Å². The zero-order valence-corrected chi connectivity index (χ0v) is 12.2. The van der Waals surface area contributed by atoms with E-state index in [1.807, 2.05) is 30.3 Å². The first kappa shape index (κ1) is 15.1. The molecule has 0 heterocycles. The fourth-order valence-electron chi connectivity index (χ4n) is 1.79. The van der Waals surface area contributed by atoms with Gasteiger partial charge in [-0.1, -0.05) is 30.3 Å². The largest absolute Gasteiger partial charge is 0.478 e. The number of carboxylic acids is 1. The van der Waals surface area contributed by atoms with Crippen LogP contribution in [0.2, 0.25) is 0 Å². The van der Waals surface area contributed by atoms with E-state index in [4.69, 9.17) is 9.84 Å². The number of hydrogen-bond donors (Lipinski definition) is 1. The molecule has 0 aromatic heterocycles. The number of carbonyl (C=O) groups excluding carboxylic acids is 1. The van der Waals surface area contributed by atoms with Gasteiger partial charge in [-0.15, -0.1) is 11.8 Å². The van der Waals surface area contributed by atoms with Crippen molar-refractivity contribution in [2.45, 2.75) is 10.6 Å². The van der Waals surface area contributed by atoms with E-state index in [-0.39, 0.29) is 5.56 Å². The summed E-state index contributed by atoms with van der Waals surface area (Å²) >= 11 is 1.41. The monoisotopic (exact) mass is 302 g/mol. The highest BCUT2D eigenvalue weighted by Crippen LogP contribution is 2.28. The average molecular weight is 302 g/mol. The van der Waals surface area contributed by atoms with Crippen LogP contribution in [0.4, 0.5) is 0 Å². The predicted molar refractivity (Wildman–Crippen MR) is 80.7 cm³/mol. The molecule has 0 aliphatic carbocycles. The summed E-state index contributed by atoms with van der Waals surface area (Å²) < 4.78 is 4.73. The first-order valence-corrected chi connectivity index (χ1v) is 7.22. The number of methoxy groups -OCH3 is 1. The molecule has 5 heteroatoms. The molecule has 4 nitrogen and oxygen atoms in total. The summed E-state index contributed by atoms with van der Waals surface area (Å²) in [7, 11) is 1.30. The van der Waals surface area contributed by atoms with Crippen molar-refractivity contribution in [2.75, 3.05) is 7.11 Å². The van der Waals surface area contributed by atoms with Crippen LogP contribution >= 0.6 is 11.8 Å². The first-order chi connectivity index (χ1) is 10.1. The zero-order chi connectivity index (χ0) is 15.2. The van der Waals surface area contributed by atoms with Gasteiger partial charge in [0.15, 0.2) is 0 Å². The van der Waals surface area contributed by atoms with Gasteiger partial charge in [0.05, 0.1) is 18.2 Å². The van der Waals surface area contributed by atoms with Crippen LogP contribution in [0.3, 0.4) is 0 Å². The Morgan fingerprint density at radius 3 is 2.48 bits per heavy atom. The van der Waals surface area contributed by atoms with Crippen LogP contribution in [-0.2, 0) is 10.5 Å². The average Bonchev–Trinajstić information content (AvgIpc) is 2.52. The highest BCUT2D eigenvalue weighted by atomic mass is 32.2. The third-order valence-corrected chi connectivity index (χ3v) is 4.00. The Hall–Kier alpha value is -2.27. The number of esters is 1. The van der Waals surface area contributed by atoms with Crippen LogP contribution in [0.15, 0.2) is 53.4 Å². The molecule has 0 unspecified atom stereocenters. The van der Waals surface area contributed by atoms with Crippen LogP contribution in [-0.4, -0.2) is 24.2 Å². The van der Waals surface area contributed by atoms with E-state index < -0.39 is 11.9 Å². The minimum atomic E-state index is -1.02. The van der Waals surface area contributed by atoms with Gasteiger partial charge in [-0.2, -0.15) is 0 Å². The molecule has 2 rings (SSSR count). The summed E-state index contributed by atoms with van der Waals surface area (Å²) in [6.07, 6.45) is 0. The lowest BCUT2D eigenvalue weighted by atomic mass is 10.1. The van der Waals surface area contributed by atoms with Gasteiger partial charge in [-0.05, 0) is 23.8 Å². The second-order valence-corrected chi connectivity index (χ2v) is 5.30. The summed E-state index contributed by atoms with van der Waals surface area (Å²) in [5.41, 5.74) is 1.63. The zero-order valence-electron chi connectivity index (χ0n) is 11.4. The molecule has 2 aromatic carbocycles. The minimum absolute atomic E-state index is 0.151. The van der Waals surface area contributed by atoms with E-state index in [0.717, 1.165) is 5.56 Å². The van der Waals surface area contributed by atoms with Crippen molar-refractivity contribution >= 4 is 23.7 Å². The molecule has 0 atom stereocenters. The lowest BCUT2D eigenvalue weighted by molar-refractivity contribution is 0.0594. The van der Waals surface area contributed by atoms with E-state index >= 15 is 0 Å². The van der Waals surface area contributed by atoms with Crippen LogP contribution in [0.5, 0.6) is 0 Å².